The van der Waals surface area contributed by atoms with Crippen LogP contribution in [0.5, 0.6) is 5.75 Å². The number of pyridine rings is 1. The molecule has 2 unspecified atom stereocenters. The summed E-state index contributed by atoms with van der Waals surface area (Å²) in [5.41, 5.74) is 3.11. The Morgan fingerprint density at radius 1 is 1.11 bits per heavy atom. The van der Waals surface area contributed by atoms with Gasteiger partial charge in [-0.2, -0.15) is 0 Å². The van der Waals surface area contributed by atoms with Crippen LogP contribution in [0.15, 0.2) is 67.0 Å². The van der Waals surface area contributed by atoms with E-state index >= 15 is 0 Å². The molecule has 0 spiro atoms. The number of aromatic hydroxyl groups is 1. The van der Waals surface area contributed by atoms with Gasteiger partial charge in [-0.05, 0) is 66.7 Å². The molecule has 0 saturated carbocycles. The van der Waals surface area contributed by atoms with Gasteiger partial charge >= 0.3 is 0 Å². The van der Waals surface area contributed by atoms with Crippen molar-refractivity contribution in [1.82, 2.24) is 19.8 Å². The van der Waals surface area contributed by atoms with Gasteiger partial charge in [0.15, 0.2) is 5.11 Å². The van der Waals surface area contributed by atoms with E-state index in [9.17, 15) is 5.11 Å². The minimum absolute atomic E-state index is 0.0219. The van der Waals surface area contributed by atoms with E-state index in [4.69, 9.17) is 12.2 Å². The number of hydrogen-bond donors (Lipinski definition) is 2. The summed E-state index contributed by atoms with van der Waals surface area (Å²) in [7, 11) is 0. The lowest BCUT2D eigenvalue weighted by Crippen LogP contribution is -2.33. The van der Waals surface area contributed by atoms with Crippen molar-refractivity contribution in [3.63, 3.8) is 0 Å². The number of aromatic nitrogens is 2. The molecule has 1 saturated heterocycles. The first-order chi connectivity index (χ1) is 13.5. The normalized spacial score (nSPS) is 19.2. The molecule has 144 valence electrons. The highest BCUT2D eigenvalue weighted by Crippen LogP contribution is 2.39. The highest BCUT2D eigenvalue weighted by atomic mass is 32.1. The second kappa shape index (κ2) is 7.64. The Balaban J connectivity index is 1.80. The summed E-state index contributed by atoms with van der Waals surface area (Å²) in [4.78, 5) is 6.86. The van der Waals surface area contributed by atoms with Crippen LogP contribution < -0.4 is 5.32 Å². The Bertz CT molecular complexity index is 952. The van der Waals surface area contributed by atoms with E-state index in [1.54, 1.807) is 12.1 Å². The number of thiocarbonyl (C=S) groups is 1. The molecule has 2 aromatic heterocycles. The maximum Gasteiger partial charge on any atom is 0.170 e. The lowest BCUT2D eigenvalue weighted by molar-refractivity contribution is 0.280. The van der Waals surface area contributed by atoms with Crippen LogP contribution in [0.1, 0.15) is 37.3 Å². The fourth-order valence-electron chi connectivity index (χ4n) is 3.80. The Hall–Kier alpha value is -2.86. The molecule has 1 aromatic carbocycles. The van der Waals surface area contributed by atoms with Crippen LogP contribution in [0.25, 0.3) is 5.69 Å². The molecule has 1 fully saturated rings. The number of hydrogen-bond acceptors (Lipinski definition) is 3. The summed E-state index contributed by atoms with van der Waals surface area (Å²) in [6.07, 6.45) is 3.87. The molecule has 28 heavy (non-hydrogen) atoms. The highest BCUT2D eigenvalue weighted by Gasteiger charge is 2.41. The third-order valence-electron chi connectivity index (χ3n) is 4.97. The van der Waals surface area contributed by atoms with Gasteiger partial charge in [0.1, 0.15) is 5.75 Å². The van der Waals surface area contributed by atoms with Gasteiger partial charge in [0.05, 0.1) is 17.8 Å². The second-order valence-electron chi connectivity index (χ2n) is 7.49. The Morgan fingerprint density at radius 3 is 2.57 bits per heavy atom. The van der Waals surface area contributed by atoms with Crippen LogP contribution in [0.3, 0.4) is 0 Å². The molecule has 1 aliphatic rings. The quantitative estimate of drug-likeness (QED) is 0.637. The van der Waals surface area contributed by atoms with Gasteiger partial charge in [0, 0.05) is 30.3 Å². The SMILES string of the molecule is CC(C)CN1C(=S)NC(c2ccccn2)C1c1cccn1-c1ccc(O)cc1. The molecule has 3 aromatic rings. The zero-order chi connectivity index (χ0) is 19.7. The Labute approximate surface area is 170 Å². The molecule has 6 heteroatoms. The van der Waals surface area contributed by atoms with Crippen LogP contribution >= 0.6 is 12.2 Å². The smallest absolute Gasteiger partial charge is 0.170 e. The molecule has 2 atom stereocenters. The largest absolute Gasteiger partial charge is 0.508 e. The van der Waals surface area contributed by atoms with Crippen LogP contribution in [-0.4, -0.2) is 31.2 Å². The molecule has 0 amide bonds. The first-order valence-corrected chi connectivity index (χ1v) is 9.90. The van der Waals surface area contributed by atoms with Gasteiger partial charge in [-0.15, -0.1) is 0 Å². The molecule has 3 heterocycles. The molecule has 0 aliphatic carbocycles. The van der Waals surface area contributed by atoms with Gasteiger partial charge in [0.25, 0.3) is 0 Å². The van der Waals surface area contributed by atoms with E-state index in [2.05, 4.69) is 39.7 Å². The maximum atomic E-state index is 9.65. The predicted molar refractivity (Wildman–Crippen MR) is 114 cm³/mol. The van der Waals surface area contributed by atoms with Crippen molar-refractivity contribution in [2.75, 3.05) is 6.54 Å². The molecule has 2 N–H and O–H groups in total. The van der Waals surface area contributed by atoms with Gasteiger partial charge in [-0.3, -0.25) is 4.98 Å². The minimum Gasteiger partial charge on any atom is -0.508 e. The lowest BCUT2D eigenvalue weighted by Gasteiger charge is -2.30. The fraction of sp³-hybridized carbons (Fsp3) is 0.273. The summed E-state index contributed by atoms with van der Waals surface area (Å²) in [5, 5.41) is 13.9. The monoisotopic (exact) mass is 392 g/mol. The number of benzene rings is 1. The van der Waals surface area contributed by atoms with Crippen molar-refractivity contribution >= 4 is 17.3 Å². The van der Waals surface area contributed by atoms with Crippen molar-refractivity contribution in [3.05, 3.63) is 78.4 Å². The summed E-state index contributed by atoms with van der Waals surface area (Å²) in [6, 6.07) is 17.4. The van der Waals surface area contributed by atoms with Gasteiger partial charge in [-0.25, -0.2) is 0 Å². The van der Waals surface area contributed by atoms with Gasteiger partial charge in [-0.1, -0.05) is 19.9 Å². The molecule has 5 nitrogen and oxygen atoms in total. The topological polar surface area (TPSA) is 53.3 Å². The van der Waals surface area contributed by atoms with Gasteiger partial charge < -0.3 is 19.9 Å². The van der Waals surface area contributed by atoms with E-state index in [-0.39, 0.29) is 17.8 Å². The predicted octanol–water partition coefficient (Wildman–Crippen LogP) is 4.21. The average molecular weight is 393 g/mol. The maximum absolute atomic E-state index is 9.65. The van der Waals surface area contributed by atoms with Crippen LogP contribution in [0.4, 0.5) is 0 Å². The molecular weight excluding hydrogens is 368 g/mol. The van der Waals surface area contributed by atoms with Crippen LogP contribution in [0.2, 0.25) is 0 Å². The van der Waals surface area contributed by atoms with E-state index in [0.29, 0.717) is 5.92 Å². The number of nitrogens with zero attached hydrogens (tertiary/aromatic N) is 3. The summed E-state index contributed by atoms with van der Waals surface area (Å²) in [5.74, 6) is 0.732. The van der Waals surface area contributed by atoms with Crippen LogP contribution in [-0.2, 0) is 0 Å². The van der Waals surface area contributed by atoms with Crippen molar-refractivity contribution < 1.29 is 5.11 Å². The lowest BCUT2D eigenvalue weighted by atomic mass is 10.0. The summed E-state index contributed by atoms with van der Waals surface area (Å²) >= 11 is 5.71. The zero-order valence-corrected chi connectivity index (χ0v) is 16.8. The van der Waals surface area contributed by atoms with Crippen molar-refractivity contribution in [2.45, 2.75) is 25.9 Å². The van der Waals surface area contributed by atoms with Gasteiger partial charge in [0.2, 0.25) is 0 Å². The Morgan fingerprint density at radius 2 is 1.89 bits per heavy atom. The van der Waals surface area contributed by atoms with E-state index in [1.165, 1.54) is 0 Å². The standard InChI is InChI=1S/C22H24N4OS/c1-15(2)14-26-21(20(24-22(26)28)18-6-3-4-12-23-18)19-7-5-13-25(19)16-8-10-17(27)11-9-16/h3-13,15,20-21,27H,14H2,1-2H3,(H,24,28). The highest BCUT2D eigenvalue weighted by molar-refractivity contribution is 7.80. The number of rotatable bonds is 5. The number of phenolic OH excluding ortho intramolecular Hbond substituents is 1. The molecular formula is C22H24N4OS. The molecule has 1 aliphatic heterocycles. The minimum atomic E-state index is -0.0294. The first kappa shape index (κ1) is 18.5. The zero-order valence-electron chi connectivity index (χ0n) is 16.0. The fourth-order valence-corrected chi connectivity index (χ4v) is 4.12. The average Bonchev–Trinajstić information content (AvgIpc) is 3.28. The number of phenols is 1. The van der Waals surface area contributed by atoms with E-state index in [1.807, 2.05) is 48.8 Å². The summed E-state index contributed by atoms with van der Waals surface area (Å²) < 4.78 is 2.16. The molecule has 4 rings (SSSR count). The van der Waals surface area contributed by atoms with E-state index in [0.717, 1.165) is 28.7 Å². The molecule has 0 bridgehead atoms. The van der Waals surface area contributed by atoms with Crippen molar-refractivity contribution in [1.29, 1.82) is 0 Å². The van der Waals surface area contributed by atoms with Crippen molar-refractivity contribution in [2.24, 2.45) is 5.92 Å². The number of nitrogens with one attached hydrogen (secondary N) is 1. The molecule has 0 radical (unpaired) electrons. The third kappa shape index (κ3) is 3.47. The third-order valence-corrected chi connectivity index (χ3v) is 5.32. The first-order valence-electron chi connectivity index (χ1n) is 9.49. The van der Waals surface area contributed by atoms with E-state index < -0.39 is 0 Å². The van der Waals surface area contributed by atoms with Crippen LogP contribution in [0, 0.1) is 5.92 Å². The Kier molecular flexibility index (Phi) is 5.05. The second-order valence-corrected chi connectivity index (χ2v) is 7.88. The van der Waals surface area contributed by atoms with Crippen molar-refractivity contribution in [3.8, 4) is 11.4 Å². The summed E-state index contributed by atoms with van der Waals surface area (Å²) in [6.45, 7) is 5.26.